The van der Waals surface area contributed by atoms with E-state index >= 15 is 0 Å². The molecule has 0 amide bonds. The summed E-state index contributed by atoms with van der Waals surface area (Å²) in [6, 6.07) is 5.87. The predicted octanol–water partition coefficient (Wildman–Crippen LogP) is 2.67. The van der Waals surface area contributed by atoms with E-state index in [1.807, 2.05) is 32.0 Å². The van der Waals surface area contributed by atoms with Crippen molar-refractivity contribution >= 4 is 11.6 Å². The van der Waals surface area contributed by atoms with Gasteiger partial charge in [-0.3, -0.25) is 0 Å². The largest absolute Gasteiger partial charge is 0.324 e. The van der Waals surface area contributed by atoms with Crippen LogP contribution in [-0.2, 0) is 0 Å². The molecule has 0 spiro atoms. The van der Waals surface area contributed by atoms with Gasteiger partial charge >= 0.3 is 0 Å². The second-order valence-corrected chi connectivity index (χ2v) is 3.15. The van der Waals surface area contributed by atoms with Gasteiger partial charge in [0.2, 0.25) is 0 Å². The highest BCUT2D eigenvalue weighted by Gasteiger charge is 2.04. The molecule has 0 fully saturated rings. The molecule has 0 saturated heterocycles. The molecule has 1 aromatic rings. The molecular formula is C9H12ClN. The van der Waals surface area contributed by atoms with Crippen LogP contribution in [0.15, 0.2) is 18.2 Å². The Morgan fingerprint density at radius 1 is 1.45 bits per heavy atom. The molecule has 1 atom stereocenters. The Kier molecular flexibility index (Phi) is 2.53. The molecule has 0 bridgehead atoms. The van der Waals surface area contributed by atoms with Crippen molar-refractivity contribution in [2.24, 2.45) is 5.73 Å². The molecule has 0 unspecified atom stereocenters. The van der Waals surface area contributed by atoms with Crippen molar-refractivity contribution in [2.75, 3.05) is 0 Å². The first kappa shape index (κ1) is 8.57. The maximum absolute atomic E-state index is 5.90. The maximum atomic E-state index is 5.90. The molecule has 11 heavy (non-hydrogen) atoms. The topological polar surface area (TPSA) is 26.0 Å². The molecular weight excluding hydrogens is 158 g/mol. The lowest BCUT2D eigenvalue weighted by molar-refractivity contribution is 0.810. The minimum Gasteiger partial charge on any atom is -0.324 e. The van der Waals surface area contributed by atoms with E-state index in [1.54, 1.807) is 0 Å². The molecule has 0 aliphatic heterocycles. The second-order valence-electron chi connectivity index (χ2n) is 2.74. The minimum absolute atomic E-state index is 0.0636. The van der Waals surface area contributed by atoms with Crippen molar-refractivity contribution in [2.45, 2.75) is 19.9 Å². The average Bonchev–Trinajstić information content (AvgIpc) is 1.94. The number of benzene rings is 1. The summed E-state index contributed by atoms with van der Waals surface area (Å²) >= 11 is 5.90. The van der Waals surface area contributed by atoms with Crippen LogP contribution in [0.4, 0.5) is 0 Å². The highest BCUT2D eigenvalue weighted by Crippen LogP contribution is 2.22. The van der Waals surface area contributed by atoms with Crippen molar-refractivity contribution in [3.05, 3.63) is 34.3 Å². The lowest BCUT2D eigenvalue weighted by atomic mass is 10.0. The molecule has 1 rings (SSSR count). The number of hydrogen-bond acceptors (Lipinski definition) is 1. The van der Waals surface area contributed by atoms with E-state index in [2.05, 4.69) is 0 Å². The van der Waals surface area contributed by atoms with Gasteiger partial charge < -0.3 is 5.73 Å². The number of halogens is 1. The van der Waals surface area contributed by atoms with Crippen LogP contribution in [0, 0.1) is 6.92 Å². The standard InChI is InChI=1S/C9H12ClN/c1-6-8(7(2)11)4-3-5-9(6)10/h3-5,7H,11H2,1-2H3/t7-/m1/s1. The lowest BCUT2D eigenvalue weighted by Crippen LogP contribution is -2.06. The summed E-state index contributed by atoms with van der Waals surface area (Å²) in [6.45, 7) is 3.94. The van der Waals surface area contributed by atoms with Gasteiger partial charge in [0.15, 0.2) is 0 Å². The highest BCUT2D eigenvalue weighted by molar-refractivity contribution is 6.31. The predicted molar refractivity (Wildman–Crippen MR) is 48.8 cm³/mol. The van der Waals surface area contributed by atoms with Crippen LogP contribution in [0.2, 0.25) is 5.02 Å². The first-order valence-electron chi connectivity index (χ1n) is 3.63. The molecule has 0 aromatic heterocycles. The van der Waals surface area contributed by atoms with Gasteiger partial charge in [0.1, 0.15) is 0 Å². The van der Waals surface area contributed by atoms with Gasteiger partial charge in [-0.2, -0.15) is 0 Å². The molecule has 1 aromatic carbocycles. The lowest BCUT2D eigenvalue weighted by Gasteiger charge is -2.09. The van der Waals surface area contributed by atoms with Crippen LogP contribution >= 0.6 is 11.6 Å². The SMILES string of the molecule is Cc1c(Cl)cccc1[C@@H](C)N. The van der Waals surface area contributed by atoms with E-state index in [-0.39, 0.29) is 6.04 Å². The van der Waals surface area contributed by atoms with Crippen LogP contribution in [0.5, 0.6) is 0 Å². The summed E-state index contributed by atoms with van der Waals surface area (Å²) in [5.74, 6) is 0. The Hall–Kier alpha value is -0.530. The van der Waals surface area contributed by atoms with Gasteiger partial charge in [0.25, 0.3) is 0 Å². The van der Waals surface area contributed by atoms with Gasteiger partial charge in [0.05, 0.1) is 0 Å². The molecule has 0 heterocycles. The monoisotopic (exact) mass is 169 g/mol. The van der Waals surface area contributed by atoms with Crippen LogP contribution in [0.3, 0.4) is 0 Å². The van der Waals surface area contributed by atoms with Gasteiger partial charge in [-0.1, -0.05) is 23.7 Å². The molecule has 2 N–H and O–H groups in total. The molecule has 60 valence electrons. The summed E-state index contributed by atoms with van der Waals surface area (Å²) in [6.07, 6.45) is 0. The summed E-state index contributed by atoms with van der Waals surface area (Å²) < 4.78 is 0. The Morgan fingerprint density at radius 3 is 2.55 bits per heavy atom. The summed E-state index contributed by atoms with van der Waals surface area (Å²) in [4.78, 5) is 0. The van der Waals surface area contributed by atoms with Crippen LogP contribution in [0.25, 0.3) is 0 Å². The normalized spacial score (nSPS) is 13.1. The molecule has 0 radical (unpaired) electrons. The summed E-state index contributed by atoms with van der Waals surface area (Å²) in [7, 11) is 0. The fourth-order valence-electron chi connectivity index (χ4n) is 1.12. The number of nitrogens with two attached hydrogens (primary N) is 1. The van der Waals surface area contributed by atoms with E-state index < -0.39 is 0 Å². The number of rotatable bonds is 1. The maximum Gasteiger partial charge on any atom is 0.0438 e. The zero-order valence-corrected chi connectivity index (χ0v) is 7.52. The molecule has 0 aliphatic rings. The van der Waals surface area contributed by atoms with E-state index in [9.17, 15) is 0 Å². The van der Waals surface area contributed by atoms with Gasteiger partial charge in [-0.05, 0) is 31.0 Å². The van der Waals surface area contributed by atoms with Crippen LogP contribution < -0.4 is 5.73 Å². The Balaban J connectivity index is 3.17. The van der Waals surface area contributed by atoms with Gasteiger partial charge in [0, 0.05) is 11.1 Å². The van der Waals surface area contributed by atoms with Crippen LogP contribution in [0.1, 0.15) is 24.1 Å². The molecule has 0 aliphatic carbocycles. The first-order chi connectivity index (χ1) is 5.13. The summed E-state index contributed by atoms with van der Waals surface area (Å²) in [5, 5.41) is 0.791. The van der Waals surface area contributed by atoms with Crippen molar-refractivity contribution in [3.63, 3.8) is 0 Å². The third kappa shape index (κ3) is 1.73. The van der Waals surface area contributed by atoms with Gasteiger partial charge in [-0.15, -0.1) is 0 Å². The smallest absolute Gasteiger partial charge is 0.0438 e. The van der Waals surface area contributed by atoms with Crippen molar-refractivity contribution in [1.82, 2.24) is 0 Å². The fraction of sp³-hybridized carbons (Fsp3) is 0.333. The minimum atomic E-state index is 0.0636. The quantitative estimate of drug-likeness (QED) is 0.688. The third-order valence-corrected chi connectivity index (χ3v) is 2.21. The summed E-state index contributed by atoms with van der Waals surface area (Å²) in [5.41, 5.74) is 7.93. The second kappa shape index (κ2) is 3.24. The Bertz CT molecular complexity index is 256. The first-order valence-corrected chi connectivity index (χ1v) is 4.01. The third-order valence-electron chi connectivity index (χ3n) is 1.80. The van der Waals surface area contributed by atoms with E-state index in [0.717, 1.165) is 16.1 Å². The van der Waals surface area contributed by atoms with Gasteiger partial charge in [-0.25, -0.2) is 0 Å². The van der Waals surface area contributed by atoms with E-state index in [4.69, 9.17) is 17.3 Å². The van der Waals surface area contributed by atoms with Crippen molar-refractivity contribution in [3.8, 4) is 0 Å². The number of hydrogen-bond donors (Lipinski definition) is 1. The fourth-order valence-corrected chi connectivity index (χ4v) is 1.30. The zero-order chi connectivity index (χ0) is 8.43. The van der Waals surface area contributed by atoms with Crippen LogP contribution in [-0.4, -0.2) is 0 Å². The van der Waals surface area contributed by atoms with Crippen molar-refractivity contribution in [1.29, 1.82) is 0 Å². The van der Waals surface area contributed by atoms with Crippen molar-refractivity contribution < 1.29 is 0 Å². The highest BCUT2D eigenvalue weighted by atomic mass is 35.5. The van der Waals surface area contributed by atoms with E-state index in [0.29, 0.717) is 0 Å². The Labute approximate surface area is 72.2 Å². The average molecular weight is 170 g/mol. The molecule has 2 heteroatoms. The molecule has 1 nitrogen and oxygen atoms in total. The Morgan fingerprint density at radius 2 is 2.09 bits per heavy atom. The zero-order valence-electron chi connectivity index (χ0n) is 6.76. The van der Waals surface area contributed by atoms with E-state index in [1.165, 1.54) is 0 Å². The molecule has 0 saturated carbocycles.